The number of halogens is 3. The van der Waals surface area contributed by atoms with Gasteiger partial charge in [-0.3, -0.25) is 4.57 Å². The highest BCUT2D eigenvalue weighted by atomic mass is 19.4. The Kier molecular flexibility index (Phi) is 2.78. The summed E-state index contributed by atoms with van der Waals surface area (Å²) in [6, 6.07) is 2.93. The molecule has 28 heavy (non-hydrogen) atoms. The van der Waals surface area contributed by atoms with Gasteiger partial charge in [-0.05, 0) is 32.4 Å². The fourth-order valence-electron chi connectivity index (χ4n) is 5.21. The van der Waals surface area contributed by atoms with Crippen molar-refractivity contribution >= 4 is 5.69 Å². The molecule has 3 N–H and O–H groups in total. The summed E-state index contributed by atoms with van der Waals surface area (Å²) in [6.45, 7) is 10.2. The lowest BCUT2D eigenvalue weighted by Crippen LogP contribution is -2.37. The van der Waals surface area contributed by atoms with Gasteiger partial charge in [0.05, 0.1) is 28.9 Å². The Balaban J connectivity index is 1.76. The molecule has 2 aliphatic heterocycles. The maximum Gasteiger partial charge on any atom is 0.407 e. The van der Waals surface area contributed by atoms with Crippen molar-refractivity contribution in [2.45, 2.75) is 43.2 Å². The molecule has 1 aliphatic carbocycles. The van der Waals surface area contributed by atoms with Crippen molar-refractivity contribution in [1.82, 2.24) is 4.57 Å². The lowest BCUT2D eigenvalue weighted by molar-refractivity contribution is -0.136. The monoisotopic (exact) mass is 392 g/mol. The fraction of sp³-hybridized carbons (Fsp3) is 0.421. The molecule has 0 amide bonds. The smallest absolute Gasteiger partial charge is 0.407 e. The number of alkyl halides is 3. The minimum Gasteiger partial charge on any atom is -0.494 e. The summed E-state index contributed by atoms with van der Waals surface area (Å²) in [4.78, 5) is 2.89. The number of hydrogen-bond acceptors (Lipinski definition) is 4. The van der Waals surface area contributed by atoms with E-state index in [9.17, 15) is 28.5 Å². The first-order valence-electron chi connectivity index (χ1n) is 8.59. The number of rotatable bonds is 1. The molecule has 2 unspecified atom stereocenters. The number of aromatic nitrogens is 1. The van der Waals surface area contributed by atoms with E-state index in [4.69, 9.17) is 11.3 Å². The first-order valence-corrected chi connectivity index (χ1v) is 8.59. The highest BCUT2D eigenvalue weighted by Crippen LogP contribution is 2.79. The SMILES string of the molecule is [C-]#[N+]c1ccc(-n2c(O)c3c(c2O)C2(C)OC3(C)[C@H]3C[C@]32O)cc1C(F)(F)F. The quantitative estimate of drug-likeness (QED) is 0.647. The average Bonchev–Trinajstić information content (AvgIpc) is 3.11. The molecular weight excluding hydrogens is 377 g/mol. The fourth-order valence-corrected chi connectivity index (χ4v) is 5.21. The van der Waals surface area contributed by atoms with E-state index >= 15 is 0 Å². The van der Waals surface area contributed by atoms with Gasteiger partial charge in [-0.1, -0.05) is 6.07 Å². The van der Waals surface area contributed by atoms with E-state index in [1.807, 2.05) is 0 Å². The summed E-state index contributed by atoms with van der Waals surface area (Å²) in [5, 5.41) is 32.5. The van der Waals surface area contributed by atoms with Gasteiger partial charge in [0.15, 0.2) is 5.69 Å². The molecule has 9 heteroatoms. The lowest BCUT2D eigenvalue weighted by atomic mass is 9.78. The van der Waals surface area contributed by atoms with Crippen LogP contribution in [0.4, 0.5) is 18.9 Å². The van der Waals surface area contributed by atoms with Gasteiger partial charge >= 0.3 is 6.18 Å². The van der Waals surface area contributed by atoms with Gasteiger partial charge < -0.3 is 20.1 Å². The molecule has 1 saturated carbocycles. The highest BCUT2D eigenvalue weighted by molar-refractivity contribution is 5.66. The second kappa shape index (κ2) is 4.47. The van der Waals surface area contributed by atoms with Crippen LogP contribution in [0, 0.1) is 12.5 Å². The van der Waals surface area contributed by atoms with Crippen LogP contribution in [-0.2, 0) is 22.1 Å². The summed E-state index contributed by atoms with van der Waals surface area (Å²) in [7, 11) is 0. The number of aliphatic hydroxyl groups is 1. The lowest BCUT2D eigenvalue weighted by Gasteiger charge is -2.28. The van der Waals surface area contributed by atoms with Crippen molar-refractivity contribution in [3.63, 3.8) is 0 Å². The number of benzene rings is 1. The molecule has 3 heterocycles. The molecule has 146 valence electrons. The summed E-state index contributed by atoms with van der Waals surface area (Å²) in [6.07, 6.45) is -4.32. The van der Waals surface area contributed by atoms with E-state index in [0.717, 1.165) is 10.6 Å². The topological polar surface area (TPSA) is 79.2 Å². The minimum atomic E-state index is -4.77. The van der Waals surface area contributed by atoms with Crippen molar-refractivity contribution in [3.05, 3.63) is 46.3 Å². The average molecular weight is 392 g/mol. The summed E-state index contributed by atoms with van der Waals surface area (Å²) < 4.78 is 46.9. The molecule has 1 aromatic heterocycles. The standard InChI is InChI=1S/C19H15F3N2O4/c1-16-11-7-18(11,27)17(2,28-16)13-12(16)14(25)24(15(13)26)8-4-5-10(23-3)9(6-8)19(20,21)22/h4-6,11,25-27H,7H2,1-2H3/t11-,16?,17?,18+/m1/s1. The van der Waals surface area contributed by atoms with Crippen molar-refractivity contribution in [1.29, 1.82) is 0 Å². The zero-order chi connectivity index (χ0) is 20.4. The second-order valence-electron chi connectivity index (χ2n) is 7.97. The third-order valence-electron chi connectivity index (χ3n) is 6.60. The minimum absolute atomic E-state index is 0.142. The van der Waals surface area contributed by atoms with Crippen LogP contribution in [0.25, 0.3) is 10.5 Å². The maximum atomic E-state index is 13.3. The Morgan fingerprint density at radius 2 is 1.86 bits per heavy atom. The van der Waals surface area contributed by atoms with Gasteiger partial charge in [-0.25, -0.2) is 4.85 Å². The number of nitrogens with zero attached hydrogens (tertiary/aromatic N) is 2. The zero-order valence-corrected chi connectivity index (χ0v) is 14.8. The van der Waals surface area contributed by atoms with Crippen LogP contribution >= 0.6 is 0 Å². The normalized spacial score (nSPS) is 34.8. The zero-order valence-electron chi connectivity index (χ0n) is 14.8. The van der Waals surface area contributed by atoms with Gasteiger partial charge in [0.25, 0.3) is 0 Å². The van der Waals surface area contributed by atoms with Gasteiger partial charge in [-0.15, -0.1) is 0 Å². The van der Waals surface area contributed by atoms with Crippen LogP contribution in [0.5, 0.6) is 11.8 Å². The maximum absolute atomic E-state index is 13.3. The van der Waals surface area contributed by atoms with Crippen molar-refractivity contribution in [2.24, 2.45) is 5.92 Å². The Bertz CT molecular complexity index is 1120. The number of hydrogen-bond donors (Lipinski definition) is 3. The molecule has 2 fully saturated rings. The molecule has 4 atom stereocenters. The number of fused-ring (bicyclic) bond motifs is 8. The van der Waals surface area contributed by atoms with E-state index in [2.05, 4.69) is 4.85 Å². The van der Waals surface area contributed by atoms with E-state index in [1.165, 1.54) is 6.07 Å². The van der Waals surface area contributed by atoms with Crippen LogP contribution in [0.3, 0.4) is 0 Å². The van der Waals surface area contributed by atoms with Crippen LogP contribution < -0.4 is 0 Å². The van der Waals surface area contributed by atoms with E-state index in [0.29, 0.717) is 12.5 Å². The summed E-state index contributed by atoms with van der Waals surface area (Å²) >= 11 is 0. The Labute approximate surface area is 157 Å². The number of ether oxygens (including phenoxy) is 1. The van der Waals surface area contributed by atoms with Crippen LogP contribution in [-0.4, -0.2) is 25.5 Å². The highest BCUT2D eigenvalue weighted by Gasteiger charge is 2.84. The first kappa shape index (κ1) is 17.4. The summed E-state index contributed by atoms with van der Waals surface area (Å²) in [5.41, 5.74) is -4.91. The molecule has 2 aromatic rings. The van der Waals surface area contributed by atoms with E-state index in [1.54, 1.807) is 13.8 Å². The third-order valence-corrected chi connectivity index (χ3v) is 6.60. The summed E-state index contributed by atoms with van der Waals surface area (Å²) in [5.74, 6) is -1.19. The van der Waals surface area contributed by atoms with Crippen molar-refractivity contribution in [2.75, 3.05) is 0 Å². The molecule has 5 rings (SSSR count). The molecule has 1 saturated heterocycles. The number of aromatic hydroxyl groups is 2. The Morgan fingerprint density at radius 3 is 2.46 bits per heavy atom. The first-order chi connectivity index (χ1) is 12.9. The van der Waals surface area contributed by atoms with Gasteiger partial charge in [0, 0.05) is 5.92 Å². The third kappa shape index (κ3) is 1.63. The molecule has 1 aromatic carbocycles. The molecule has 6 nitrogen and oxygen atoms in total. The predicted octanol–water partition coefficient (Wildman–Crippen LogP) is 3.68. The van der Waals surface area contributed by atoms with Gasteiger partial charge in [0.2, 0.25) is 11.8 Å². The van der Waals surface area contributed by atoms with Crippen LogP contribution in [0.2, 0.25) is 0 Å². The Morgan fingerprint density at radius 1 is 1.21 bits per heavy atom. The molecule has 0 radical (unpaired) electrons. The van der Waals surface area contributed by atoms with Crippen LogP contribution in [0.1, 0.15) is 37.0 Å². The van der Waals surface area contributed by atoms with Gasteiger partial charge in [-0.2, -0.15) is 13.2 Å². The van der Waals surface area contributed by atoms with Crippen molar-refractivity contribution < 1.29 is 33.2 Å². The Hall–Kier alpha value is -2.70. The van der Waals surface area contributed by atoms with E-state index < -0.39 is 46.0 Å². The molecule has 2 bridgehead atoms. The van der Waals surface area contributed by atoms with Crippen molar-refractivity contribution in [3.8, 4) is 17.4 Å². The largest absolute Gasteiger partial charge is 0.494 e. The molecular formula is C19H15F3N2O4. The second-order valence-corrected chi connectivity index (χ2v) is 7.97. The van der Waals surface area contributed by atoms with E-state index in [-0.39, 0.29) is 22.7 Å². The predicted molar refractivity (Wildman–Crippen MR) is 89.2 cm³/mol. The van der Waals surface area contributed by atoms with Crippen LogP contribution in [0.15, 0.2) is 18.2 Å². The molecule has 0 spiro atoms. The molecule has 3 aliphatic rings. The van der Waals surface area contributed by atoms with Gasteiger partial charge in [0.1, 0.15) is 16.8 Å².